The van der Waals surface area contributed by atoms with E-state index in [1.54, 1.807) is 23.8 Å². The van der Waals surface area contributed by atoms with Crippen LogP contribution in [0.2, 0.25) is 5.21 Å². The molecule has 0 heterocycles. The van der Waals surface area contributed by atoms with E-state index < -0.39 is 6.29 Å². The molecule has 56 valence electrons. The van der Waals surface area contributed by atoms with Gasteiger partial charge < -0.3 is 0 Å². The molecule has 0 bridgehead atoms. The van der Waals surface area contributed by atoms with Gasteiger partial charge in [-0.25, -0.2) is 0 Å². The Morgan fingerprint density at radius 1 is 1.67 bits per heavy atom. The summed E-state index contributed by atoms with van der Waals surface area (Å²) in [7, 11) is 0. The van der Waals surface area contributed by atoms with E-state index in [-0.39, 0.29) is 5.60 Å². The van der Waals surface area contributed by atoms with Crippen LogP contribution >= 0.6 is 0 Å². The zero-order valence-electron chi connectivity index (χ0n) is 6.22. The van der Waals surface area contributed by atoms with Gasteiger partial charge in [-0.2, -0.15) is 0 Å². The van der Waals surface area contributed by atoms with Crippen molar-refractivity contribution in [2.75, 3.05) is 0 Å². The number of hydrogen-bond donors (Lipinski definition) is 1. The molecule has 0 saturated heterocycles. The molecule has 1 N–H and O–H groups in total. The van der Waals surface area contributed by atoms with Crippen LogP contribution < -0.4 is 0 Å². The van der Waals surface area contributed by atoms with Crippen LogP contribution in [-0.2, 0) is 4.74 Å². The molecule has 0 aromatic rings. The molecule has 2 atom stereocenters. The van der Waals surface area contributed by atoms with Crippen LogP contribution in [0.25, 0.3) is 0 Å². The van der Waals surface area contributed by atoms with E-state index in [9.17, 15) is 0 Å². The van der Waals surface area contributed by atoms with Crippen LogP contribution in [0, 0.1) is 0 Å². The van der Waals surface area contributed by atoms with Crippen LogP contribution in [0.4, 0.5) is 0 Å². The number of rotatable bonds is 3. The molecule has 0 amide bonds. The van der Waals surface area contributed by atoms with E-state index in [2.05, 4.69) is 0 Å². The molecule has 2 nitrogen and oxygen atoms in total. The van der Waals surface area contributed by atoms with Gasteiger partial charge in [-0.15, -0.1) is 0 Å². The van der Waals surface area contributed by atoms with Crippen molar-refractivity contribution >= 4 is 16.9 Å². The molecule has 3 heteroatoms. The van der Waals surface area contributed by atoms with Crippen molar-refractivity contribution in [3.05, 3.63) is 0 Å². The molecule has 0 rings (SSSR count). The molecule has 0 spiro atoms. The first-order chi connectivity index (χ1) is 3.98. The SMILES string of the molecule is CC(O)OC(C)(C)C[AsH2]. The number of aliphatic hydroxyl groups is 1. The standard InChI is InChI=1S/C6H15AsO2/c1-5(8)9-6(2,3)4-7/h5,8H,4,7H2,1-3H3. The molecule has 0 aliphatic carbocycles. The van der Waals surface area contributed by atoms with Gasteiger partial charge in [0.15, 0.2) is 0 Å². The Hall–Kier alpha value is 0.478. The third-order valence-corrected chi connectivity index (χ3v) is 3.04. The normalized spacial score (nSPS) is 15.7. The minimum absolute atomic E-state index is 0.159. The Labute approximate surface area is 65.1 Å². The van der Waals surface area contributed by atoms with Crippen LogP contribution in [0.1, 0.15) is 20.8 Å². The van der Waals surface area contributed by atoms with Crippen LogP contribution in [0.5, 0.6) is 0 Å². The molecule has 2 unspecified atom stereocenters. The molecule has 9 heavy (non-hydrogen) atoms. The summed E-state index contributed by atoms with van der Waals surface area (Å²) in [6.07, 6.45) is -0.643. The van der Waals surface area contributed by atoms with Crippen molar-refractivity contribution in [1.82, 2.24) is 0 Å². The number of ether oxygens (including phenoxy) is 1. The topological polar surface area (TPSA) is 29.5 Å². The molecule has 0 aliphatic rings. The van der Waals surface area contributed by atoms with Crippen molar-refractivity contribution in [2.24, 2.45) is 0 Å². The fraction of sp³-hybridized carbons (Fsp3) is 1.00. The second-order valence-electron chi connectivity index (χ2n) is 2.68. The Kier molecular flexibility index (Phi) is 3.79. The maximum absolute atomic E-state index is 8.80. The Bertz CT molecular complexity index is 81.1. The maximum atomic E-state index is 8.80. The summed E-state index contributed by atoms with van der Waals surface area (Å²) in [5, 5.41) is 9.78. The van der Waals surface area contributed by atoms with Gasteiger partial charge in [-0.1, -0.05) is 0 Å². The van der Waals surface area contributed by atoms with Gasteiger partial charge in [0.2, 0.25) is 0 Å². The van der Waals surface area contributed by atoms with E-state index in [4.69, 9.17) is 9.84 Å². The van der Waals surface area contributed by atoms with Crippen LogP contribution in [0.15, 0.2) is 0 Å². The fourth-order valence-electron chi connectivity index (χ4n) is 0.510. The predicted molar refractivity (Wildman–Crippen MR) is 40.2 cm³/mol. The van der Waals surface area contributed by atoms with E-state index in [0.717, 1.165) is 5.21 Å². The first kappa shape index (κ1) is 9.48. The van der Waals surface area contributed by atoms with Gasteiger partial charge in [-0.05, 0) is 0 Å². The first-order valence-corrected chi connectivity index (χ1v) is 4.75. The van der Waals surface area contributed by atoms with Gasteiger partial charge in [0.05, 0.1) is 0 Å². The van der Waals surface area contributed by atoms with Crippen LogP contribution in [-0.4, -0.2) is 33.9 Å². The van der Waals surface area contributed by atoms with E-state index in [1.165, 1.54) is 0 Å². The van der Waals surface area contributed by atoms with E-state index >= 15 is 0 Å². The summed E-state index contributed by atoms with van der Waals surface area (Å²) in [4.78, 5) is 0. The molecule has 0 aromatic heterocycles. The monoisotopic (exact) mass is 194 g/mol. The summed E-state index contributed by atoms with van der Waals surface area (Å²) in [5.74, 6) is 0. The van der Waals surface area contributed by atoms with Crippen molar-refractivity contribution in [1.29, 1.82) is 0 Å². The van der Waals surface area contributed by atoms with E-state index in [0.29, 0.717) is 0 Å². The molecule has 0 radical (unpaired) electrons. The summed E-state index contributed by atoms with van der Waals surface area (Å²) in [6, 6.07) is 0. The number of hydrogen-bond acceptors (Lipinski definition) is 2. The van der Waals surface area contributed by atoms with E-state index in [1.807, 2.05) is 13.8 Å². The second-order valence-corrected chi connectivity index (χ2v) is 3.54. The molecule has 0 saturated carbocycles. The van der Waals surface area contributed by atoms with Crippen molar-refractivity contribution in [3.63, 3.8) is 0 Å². The third-order valence-electron chi connectivity index (χ3n) is 0.981. The first-order valence-electron chi connectivity index (χ1n) is 3.04. The Morgan fingerprint density at radius 3 is 2.22 bits per heavy atom. The summed E-state index contributed by atoms with van der Waals surface area (Å²) >= 11 is 1.62. The molecular weight excluding hydrogens is 179 g/mol. The number of aliphatic hydroxyl groups excluding tert-OH is 1. The molecular formula is C6H15AsO2. The average Bonchev–Trinajstić information content (AvgIpc) is 1.63. The molecule has 0 aliphatic heterocycles. The minimum atomic E-state index is -0.643. The average molecular weight is 194 g/mol. The van der Waals surface area contributed by atoms with Crippen molar-refractivity contribution in [2.45, 2.75) is 37.9 Å². The quantitative estimate of drug-likeness (QED) is 0.512. The second kappa shape index (κ2) is 3.60. The van der Waals surface area contributed by atoms with Gasteiger partial charge in [0, 0.05) is 0 Å². The summed E-state index contributed by atoms with van der Waals surface area (Å²) in [5.41, 5.74) is -0.159. The van der Waals surface area contributed by atoms with Gasteiger partial charge in [-0.3, -0.25) is 0 Å². The van der Waals surface area contributed by atoms with Gasteiger partial charge in [0.1, 0.15) is 0 Å². The van der Waals surface area contributed by atoms with Crippen LogP contribution in [0.3, 0.4) is 0 Å². The summed E-state index contributed by atoms with van der Waals surface area (Å²) < 4.78 is 5.16. The Balaban J connectivity index is 3.58. The van der Waals surface area contributed by atoms with Crippen molar-refractivity contribution in [3.8, 4) is 0 Å². The Morgan fingerprint density at radius 2 is 2.11 bits per heavy atom. The van der Waals surface area contributed by atoms with Crippen molar-refractivity contribution < 1.29 is 9.84 Å². The predicted octanol–water partition coefficient (Wildman–Crippen LogP) is 0.171. The zero-order chi connectivity index (χ0) is 7.49. The fourth-order valence-corrected chi connectivity index (χ4v) is 0.712. The summed E-state index contributed by atoms with van der Waals surface area (Å²) in [6.45, 7) is 5.58. The molecule has 0 fully saturated rings. The van der Waals surface area contributed by atoms with Gasteiger partial charge >= 0.3 is 64.6 Å². The van der Waals surface area contributed by atoms with Gasteiger partial charge in [0.25, 0.3) is 0 Å². The molecule has 0 aromatic carbocycles. The zero-order valence-corrected chi connectivity index (χ0v) is 8.64. The third kappa shape index (κ3) is 4.95.